The maximum absolute atomic E-state index is 12.6. The molecule has 1 aliphatic carbocycles. The Bertz CT molecular complexity index is 223. The molecule has 0 saturated heterocycles. The Morgan fingerprint density at radius 2 is 1.92 bits per heavy atom. The molecule has 0 heterocycles. The Labute approximate surface area is 80.9 Å². The van der Waals surface area contributed by atoms with E-state index in [0.29, 0.717) is 0 Å². The predicted octanol–water partition coefficient (Wildman–Crippen LogP) is 4.41. The van der Waals surface area contributed by atoms with Crippen molar-refractivity contribution in [3.05, 3.63) is 36.2 Å². The minimum atomic E-state index is -0.168. The van der Waals surface area contributed by atoms with E-state index >= 15 is 0 Å². The largest absolute Gasteiger partial charge is 0.207 e. The Morgan fingerprint density at radius 1 is 1.31 bits per heavy atom. The van der Waals surface area contributed by atoms with Crippen LogP contribution in [-0.4, -0.2) is 0 Å². The summed E-state index contributed by atoms with van der Waals surface area (Å²) in [5, 5.41) is 0. The van der Waals surface area contributed by atoms with Gasteiger partial charge in [-0.15, -0.1) is 0 Å². The fourth-order valence-electron chi connectivity index (χ4n) is 0.977. The molecule has 0 fully saturated rings. The third kappa shape index (κ3) is 4.07. The summed E-state index contributed by atoms with van der Waals surface area (Å²) >= 11 is 0. The first-order chi connectivity index (χ1) is 6.16. The van der Waals surface area contributed by atoms with Crippen LogP contribution in [0.25, 0.3) is 0 Å². The van der Waals surface area contributed by atoms with E-state index in [1.165, 1.54) is 12.2 Å². The van der Waals surface area contributed by atoms with Gasteiger partial charge in [0, 0.05) is 5.41 Å². The second-order valence-corrected chi connectivity index (χ2v) is 3.10. The molecule has 0 radical (unpaired) electrons. The van der Waals surface area contributed by atoms with Crippen LogP contribution in [0, 0.1) is 5.41 Å². The molecule has 0 amide bonds. The molecule has 0 bridgehead atoms. The zero-order valence-electron chi connectivity index (χ0n) is 8.97. The van der Waals surface area contributed by atoms with E-state index in [2.05, 4.69) is 13.8 Å². The van der Waals surface area contributed by atoms with Gasteiger partial charge in [-0.3, -0.25) is 0 Å². The van der Waals surface area contributed by atoms with Crippen LogP contribution in [0.15, 0.2) is 36.2 Å². The van der Waals surface area contributed by atoms with Crippen molar-refractivity contribution in [3.63, 3.8) is 0 Å². The van der Waals surface area contributed by atoms with Gasteiger partial charge in [0.2, 0.25) is 0 Å². The minimum Gasteiger partial charge on any atom is -0.207 e. The fourth-order valence-corrected chi connectivity index (χ4v) is 0.977. The Kier molecular flexibility index (Phi) is 5.36. The highest BCUT2D eigenvalue weighted by atomic mass is 19.1. The first kappa shape index (κ1) is 12.2. The highest BCUT2D eigenvalue weighted by molar-refractivity contribution is 5.27. The van der Waals surface area contributed by atoms with Crippen molar-refractivity contribution in [2.24, 2.45) is 5.41 Å². The van der Waals surface area contributed by atoms with Crippen molar-refractivity contribution < 1.29 is 4.39 Å². The van der Waals surface area contributed by atoms with Gasteiger partial charge in [0.25, 0.3) is 0 Å². The molecule has 0 aromatic carbocycles. The highest BCUT2D eigenvalue weighted by Gasteiger charge is 2.14. The summed E-state index contributed by atoms with van der Waals surface area (Å²) in [6.07, 6.45) is 9.72. The molecule has 13 heavy (non-hydrogen) atoms. The summed E-state index contributed by atoms with van der Waals surface area (Å²) in [5.74, 6) is -0.168. The molecule has 1 heteroatoms. The topological polar surface area (TPSA) is 0 Å². The van der Waals surface area contributed by atoms with Gasteiger partial charge < -0.3 is 0 Å². The Balaban J connectivity index is 0.000000671. The van der Waals surface area contributed by atoms with Gasteiger partial charge in [0.05, 0.1) is 0 Å². The monoisotopic (exact) mass is 182 g/mol. The van der Waals surface area contributed by atoms with Crippen molar-refractivity contribution in [2.45, 2.75) is 34.1 Å². The van der Waals surface area contributed by atoms with E-state index in [9.17, 15) is 4.39 Å². The smallest absolute Gasteiger partial charge is 0.122 e. The van der Waals surface area contributed by atoms with E-state index < -0.39 is 0 Å². The van der Waals surface area contributed by atoms with Gasteiger partial charge in [-0.25, -0.2) is 4.39 Å². The SMILES string of the molecule is CC.CCC1(C)C=CC=C(F)C=C1. The molecule has 0 N–H and O–H groups in total. The third-order valence-electron chi connectivity index (χ3n) is 2.12. The molecule has 0 aliphatic heterocycles. The van der Waals surface area contributed by atoms with Crippen LogP contribution in [-0.2, 0) is 0 Å². The van der Waals surface area contributed by atoms with Crippen LogP contribution >= 0.6 is 0 Å². The lowest BCUT2D eigenvalue weighted by atomic mass is 9.87. The van der Waals surface area contributed by atoms with E-state index in [-0.39, 0.29) is 11.2 Å². The molecule has 1 unspecified atom stereocenters. The van der Waals surface area contributed by atoms with Gasteiger partial charge in [0.1, 0.15) is 5.83 Å². The average molecular weight is 182 g/mol. The van der Waals surface area contributed by atoms with E-state index in [1.54, 1.807) is 6.08 Å². The third-order valence-corrected chi connectivity index (χ3v) is 2.12. The summed E-state index contributed by atoms with van der Waals surface area (Å²) in [6, 6.07) is 0. The van der Waals surface area contributed by atoms with E-state index in [1.807, 2.05) is 26.0 Å². The van der Waals surface area contributed by atoms with Gasteiger partial charge in [0.15, 0.2) is 0 Å². The van der Waals surface area contributed by atoms with E-state index in [4.69, 9.17) is 0 Å². The molecule has 0 saturated carbocycles. The molecular formula is C12H19F. The summed E-state index contributed by atoms with van der Waals surface area (Å²) in [6.45, 7) is 8.18. The minimum absolute atomic E-state index is 0.0321. The van der Waals surface area contributed by atoms with Gasteiger partial charge in [-0.1, -0.05) is 45.9 Å². The lowest BCUT2D eigenvalue weighted by Crippen LogP contribution is -2.06. The Hall–Kier alpha value is -0.850. The molecule has 0 aromatic rings. The van der Waals surface area contributed by atoms with Crippen molar-refractivity contribution in [3.8, 4) is 0 Å². The average Bonchev–Trinajstić information content (AvgIpc) is 2.33. The summed E-state index contributed by atoms with van der Waals surface area (Å²) < 4.78 is 12.6. The summed E-state index contributed by atoms with van der Waals surface area (Å²) in [7, 11) is 0. The Morgan fingerprint density at radius 3 is 2.46 bits per heavy atom. The number of rotatable bonds is 1. The van der Waals surface area contributed by atoms with Crippen LogP contribution in [0.4, 0.5) is 4.39 Å². The molecule has 0 spiro atoms. The highest BCUT2D eigenvalue weighted by Crippen LogP contribution is 2.27. The normalized spacial score (nSPS) is 25.8. The first-order valence-electron chi connectivity index (χ1n) is 4.90. The summed E-state index contributed by atoms with van der Waals surface area (Å²) in [5.41, 5.74) is 0.0321. The first-order valence-corrected chi connectivity index (χ1v) is 4.90. The molecule has 1 aliphatic rings. The zero-order chi connectivity index (χ0) is 10.3. The molecule has 1 atom stereocenters. The second-order valence-electron chi connectivity index (χ2n) is 3.10. The standard InChI is InChI=1S/C10H13F.C2H6/c1-3-10(2)7-4-5-9(11)6-8-10;1-2/h4-8H,3H2,1-2H3;1-2H3. The molecule has 74 valence electrons. The van der Waals surface area contributed by atoms with Crippen LogP contribution in [0.1, 0.15) is 34.1 Å². The lowest BCUT2D eigenvalue weighted by Gasteiger charge is -2.17. The zero-order valence-corrected chi connectivity index (χ0v) is 8.97. The van der Waals surface area contributed by atoms with Crippen LogP contribution in [0.3, 0.4) is 0 Å². The maximum Gasteiger partial charge on any atom is 0.122 e. The second kappa shape index (κ2) is 5.74. The van der Waals surface area contributed by atoms with Crippen LogP contribution in [0.2, 0.25) is 0 Å². The van der Waals surface area contributed by atoms with Crippen molar-refractivity contribution >= 4 is 0 Å². The van der Waals surface area contributed by atoms with Crippen molar-refractivity contribution in [1.82, 2.24) is 0 Å². The number of hydrogen-bond acceptors (Lipinski definition) is 0. The van der Waals surface area contributed by atoms with Gasteiger partial charge in [-0.2, -0.15) is 0 Å². The fraction of sp³-hybridized carbons (Fsp3) is 0.500. The van der Waals surface area contributed by atoms with E-state index in [0.717, 1.165) is 6.42 Å². The van der Waals surface area contributed by atoms with Gasteiger partial charge in [-0.05, 0) is 18.6 Å². The van der Waals surface area contributed by atoms with Crippen molar-refractivity contribution in [2.75, 3.05) is 0 Å². The summed E-state index contributed by atoms with van der Waals surface area (Å²) in [4.78, 5) is 0. The molecular weight excluding hydrogens is 163 g/mol. The lowest BCUT2D eigenvalue weighted by molar-refractivity contribution is 0.529. The number of allylic oxidation sites excluding steroid dienone is 6. The molecule has 0 aromatic heterocycles. The predicted molar refractivity (Wildman–Crippen MR) is 57.2 cm³/mol. The van der Waals surface area contributed by atoms with Crippen molar-refractivity contribution in [1.29, 1.82) is 0 Å². The number of halogens is 1. The molecule has 1 rings (SSSR count). The van der Waals surface area contributed by atoms with Crippen LogP contribution < -0.4 is 0 Å². The number of hydrogen-bond donors (Lipinski definition) is 0. The van der Waals surface area contributed by atoms with Gasteiger partial charge >= 0.3 is 0 Å². The molecule has 0 nitrogen and oxygen atoms in total. The maximum atomic E-state index is 12.6. The van der Waals surface area contributed by atoms with Crippen LogP contribution in [0.5, 0.6) is 0 Å². The quantitative estimate of drug-likeness (QED) is 0.563.